The van der Waals surface area contributed by atoms with Crippen LogP contribution in [0.15, 0.2) is 23.1 Å². The molecule has 0 saturated carbocycles. The summed E-state index contributed by atoms with van der Waals surface area (Å²) in [4.78, 5) is 10.8. The average Bonchev–Trinajstić information content (AvgIpc) is 1.98. The fraction of sp³-hybridized carbons (Fsp3) is 0.125. The summed E-state index contributed by atoms with van der Waals surface area (Å²) in [5.74, 6) is -0.168. The van der Waals surface area contributed by atoms with E-state index in [1.165, 1.54) is 13.0 Å². The first kappa shape index (κ1) is 8.93. The topological polar surface area (TPSA) is 46.5 Å². The number of benzene rings is 1. The highest BCUT2D eigenvalue weighted by atomic mass is 32.1. The lowest BCUT2D eigenvalue weighted by atomic mass is 10.3. The Morgan fingerprint density at radius 3 is 2.83 bits per heavy atom. The molecule has 0 aromatic heterocycles. The molecule has 3 nitrogen and oxygen atoms in total. The maximum atomic E-state index is 10.5. The number of carbonyl (C=O) groups excluding carboxylic acids is 1. The summed E-state index contributed by atoms with van der Waals surface area (Å²) in [7, 11) is 0. The number of aromatic hydroxyl groups is 1. The van der Waals surface area contributed by atoms with Crippen molar-refractivity contribution in [3.05, 3.63) is 18.2 Å². The van der Waals surface area contributed by atoms with Gasteiger partial charge in [-0.2, -0.15) is 0 Å². The predicted molar refractivity (Wildman–Crippen MR) is 46.7 cm³/mol. The molecule has 0 aliphatic rings. The second-order valence-corrected chi connectivity index (χ2v) is 2.66. The molecule has 0 atom stereocenters. The van der Waals surface area contributed by atoms with Crippen LogP contribution in [-0.4, -0.2) is 11.1 Å². The second kappa shape index (κ2) is 3.49. The molecule has 0 saturated heterocycles. The van der Waals surface area contributed by atoms with Gasteiger partial charge in [-0.15, -0.1) is 12.6 Å². The highest BCUT2D eigenvalue weighted by molar-refractivity contribution is 7.80. The van der Waals surface area contributed by atoms with E-state index in [2.05, 4.69) is 12.6 Å². The van der Waals surface area contributed by atoms with Gasteiger partial charge < -0.3 is 9.84 Å². The molecule has 0 amide bonds. The Morgan fingerprint density at radius 1 is 1.58 bits per heavy atom. The van der Waals surface area contributed by atoms with E-state index in [-0.39, 0.29) is 16.4 Å². The standard InChI is InChI=1S/C8H8O3S/c1-5(9)11-7-4-2-3-6(10)8(7)12/h2-4,10,12H,1H3. The van der Waals surface area contributed by atoms with Crippen LogP contribution >= 0.6 is 12.6 Å². The minimum absolute atomic E-state index is 0.00270. The monoisotopic (exact) mass is 184 g/mol. The zero-order chi connectivity index (χ0) is 9.14. The number of hydrogen-bond donors (Lipinski definition) is 2. The number of carbonyl (C=O) groups is 1. The SMILES string of the molecule is CC(=O)Oc1cccc(O)c1S. The van der Waals surface area contributed by atoms with Crippen molar-refractivity contribution >= 4 is 18.6 Å². The van der Waals surface area contributed by atoms with Crippen LogP contribution in [0.2, 0.25) is 0 Å². The van der Waals surface area contributed by atoms with Crippen molar-refractivity contribution in [2.75, 3.05) is 0 Å². The van der Waals surface area contributed by atoms with Crippen LogP contribution in [0, 0.1) is 0 Å². The van der Waals surface area contributed by atoms with Crippen molar-refractivity contribution < 1.29 is 14.6 Å². The summed E-state index contributed by atoms with van der Waals surface area (Å²) >= 11 is 3.96. The van der Waals surface area contributed by atoms with E-state index < -0.39 is 5.97 Å². The number of ether oxygens (including phenoxy) is 1. The van der Waals surface area contributed by atoms with Gasteiger partial charge in [-0.1, -0.05) is 6.07 Å². The molecule has 1 N–H and O–H groups in total. The summed E-state index contributed by atoms with van der Waals surface area (Å²) in [5, 5.41) is 9.15. The third-order valence-electron chi connectivity index (χ3n) is 1.23. The molecule has 12 heavy (non-hydrogen) atoms. The first-order chi connectivity index (χ1) is 5.61. The number of phenolic OH excluding ortho intramolecular Hbond substituents is 1. The Kier molecular flexibility index (Phi) is 2.60. The third-order valence-corrected chi connectivity index (χ3v) is 1.68. The highest BCUT2D eigenvalue weighted by Crippen LogP contribution is 2.30. The van der Waals surface area contributed by atoms with Crippen LogP contribution in [0.1, 0.15) is 6.92 Å². The molecule has 0 heterocycles. The Labute approximate surface area is 75.4 Å². The molecule has 1 aromatic carbocycles. The average molecular weight is 184 g/mol. The lowest BCUT2D eigenvalue weighted by Gasteiger charge is -2.04. The van der Waals surface area contributed by atoms with Crippen LogP contribution in [0.3, 0.4) is 0 Å². The molecule has 0 radical (unpaired) electrons. The molecule has 0 aliphatic heterocycles. The van der Waals surface area contributed by atoms with Gasteiger partial charge in [0, 0.05) is 6.92 Å². The van der Waals surface area contributed by atoms with E-state index >= 15 is 0 Å². The van der Waals surface area contributed by atoms with Crippen LogP contribution in [0.5, 0.6) is 11.5 Å². The van der Waals surface area contributed by atoms with E-state index in [0.29, 0.717) is 0 Å². The van der Waals surface area contributed by atoms with Gasteiger partial charge >= 0.3 is 5.97 Å². The van der Waals surface area contributed by atoms with Crippen molar-refractivity contribution in [2.45, 2.75) is 11.8 Å². The van der Waals surface area contributed by atoms with E-state index in [9.17, 15) is 4.79 Å². The van der Waals surface area contributed by atoms with E-state index in [0.717, 1.165) is 0 Å². The van der Waals surface area contributed by atoms with Gasteiger partial charge in [0.15, 0.2) is 0 Å². The molecule has 1 aromatic rings. The first-order valence-electron chi connectivity index (χ1n) is 3.30. The van der Waals surface area contributed by atoms with E-state index in [4.69, 9.17) is 9.84 Å². The number of phenols is 1. The second-order valence-electron chi connectivity index (χ2n) is 2.22. The van der Waals surface area contributed by atoms with E-state index in [1.807, 2.05) is 0 Å². The van der Waals surface area contributed by atoms with Crippen molar-refractivity contribution in [1.29, 1.82) is 0 Å². The van der Waals surface area contributed by atoms with E-state index in [1.54, 1.807) is 12.1 Å². The molecule has 0 bridgehead atoms. The van der Waals surface area contributed by atoms with Crippen LogP contribution in [0.4, 0.5) is 0 Å². The van der Waals surface area contributed by atoms with Gasteiger partial charge in [0.05, 0.1) is 4.90 Å². The molecule has 64 valence electrons. The quantitative estimate of drug-likeness (QED) is 0.396. The summed E-state index contributed by atoms with van der Waals surface area (Å²) in [5.41, 5.74) is 0. The fourth-order valence-corrected chi connectivity index (χ4v) is 0.943. The zero-order valence-corrected chi connectivity index (χ0v) is 7.34. The number of esters is 1. The molecule has 1 rings (SSSR count). The summed E-state index contributed by atoms with van der Waals surface area (Å²) in [6, 6.07) is 4.60. The maximum absolute atomic E-state index is 10.5. The Hall–Kier alpha value is -1.16. The number of thiol groups is 1. The number of rotatable bonds is 1. The molecule has 0 fully saturated rings. The highest BCUT2D eigenvalue weighted by Gasteiger charge is 2.05. The van der Waals surface area contributed by atoms with Crippen LogP contribution in [-0.2, 0) is 4.79 Å². The molecule has 0 unspecified atom stereocenters. The van der Waals surface area contributed by atoms with Gasteiger partial charge in [0.25, 0.3) is 0 Å². The molecular weight excluding hydrogens is 176 g/mol. The zero-order valence-electron chi connectivity index (χ0n) is 6.44. The smallest absolute Gasteiger partial charge is 0.308 e. The normalized spacial score (nSPS) is 9.50. The van der Waals surface area contributed by atoms with Gasteiger partial charge in [-0.25, -0.2) is 0 Å². The Balaban J connectivity index is 3.00. The Bertz CT molecular complexity index is 309. The predicted octanol–water partition coefficient (Wildman–Crippen LogP) is 1.61. The van der Waals surface area contributed by atoms with Crippen molar-refractivity contribution in [3.63, 3.8) is 0 Å². The van der Waals surface area contributed by atoms with Crippen molar-refractivity contribution in [3.8, 4) is 11.5 Å². The van der Waals surface area contributed by atoms with Crippen LogP contribution in [0.25, 0.3) is 0 Å². The molecular formula is C8H8O3S. The van der Waals surface area contributed by atoms with Crippen molar-refractivity contribution in [1.82, 2.24) is 0 Å². The van der Waals surface area contributed by atoms with Gasteiger partial charge in [0.1, 0.15) is 11.5 Å². The lowest BCUT2D eigenvalue weighted by Crippen LogP contribution is -2.01. The maximum Gasteiger partial charge on any atom is 0.308 e. The number of hydrogen-bond acceptors (Lipinski definition) is 4. The van der Waals surface area contributed by atoms with Crippen molar-refractivity contribution in [2.24, 2.45) is 0 Å². The van der Waals surface area contributed by atoms with Crippen LogP contribution < -0.4 is 4.74 Å². The Morgan fingerprint density at radius 2 is 2.25 bits per heavy atom. The minimum atomic E-state index is -0.434. The fourth-order valence-electron chi connectivity index (χ4n) is 0.748. The summed E-state index contributed by atoms with van der Waals surface area (Å²) < 4.78 is 4.75. The molecule has 4 heteroatoms. The summed E-state index contributed by atoms with van der Waals surface area (Å²) in [6.45, 7) is 1.29. The molecule has 0 spiro atoms. The summed E-state index contributed by atoms with van der Waals surface area (Å²) in [6.07, 6.45) is 0. The van der Waals surface area contributed by atoms with Gasteiger partial charge in [-0.05, 0) is 12.1 Å². The first-order valence-corrected chi connectivity index (χ1v) is 3.75. The lowest BCUT2D eigenvalue weighted by molar-refractivity contribution is -0.132. The third kappa shape index (κ3) is 1.92. The molecule has 0 aliphatic carbocycles. The van der Waals surface area contributed by atoms with Gasteiger partial charge in [-0.3, -0.25) is 4.79 Å². The van der Waals surface area contributed by atoms with Gasteiger partial charge in [0.2, 0.25) is 0 Å². The largest absolute Gasteiger partial charge is 0.507 e. The minimum Gasteiger partial charge on any atom is -0.507 e.